The van der Waals surface area contributed by atoms with E-state index in [1.54, 1.807) is 24.3 Å². The number of hydrogen-bond donors (Lipinski definition) is 2. The van der Waals surface area contributed by atoms with E-state index in [9.17, 15) is 4.79 Å². The van der Waals surface area contributed by atoms with Crippen molar-refractivity contribution in [3.63, 3.8) is 0 Å². The van der Waals surface area contributed by atoms with Gasteiger partial charge in [0.05, 0.1) is 21.8 Å². The number of furan rings is 1. The minimum absolute atomic E-state index is 0.0964. The van der Waals surface area contributed by atoms with E-state index in [0.29, 0.717) is 21.5 Å². The summed E-state index contributed by atoms with van der Waals surface area (Å²) in [5, 5.41) is 12.8. The van der Waals surface area contributed by atoms with Crippen LogP contribution in [-0.2, 0) is 0 Å². The van der Waals surface area contributed by atoms with Crippen LogP contribution in [0.1, 0.15) is 29.3 Å². The first-order valence-corrected chi connectivity index (χ1v) is 6.28. The highest BCUT2D eigenvalue weighted by Gasteiger charge is 2.15. The zero-order valence-corrected chi connectivity index (χ0v) is 11.5. The standard InChI is InChI=1S/C13H11Cl2NO3/c1-7(10-5-6-11(19-10)13(17)18)16-9-4-2-3-8(14)12(9)15/h2-7,16H,1H3,(H,17,18). The van der Waals surface area contributed by atoms with Crippen LogP contribution in [-0.4, -0.2) is 11.1 Å². The van der Waals surface area contributed by atoms with Gasteiger partial charge in [0, 0.05) is 0 Å². The first-order valence-electron chi connectivity index (χ1n) is 5.52. The van der Waals surface area contributed by atoms with E-state index < -0.39 is 5.97 Å². The third-order valence-electron chi connectivity index (χ3n) is 2.59. The van der Waals surface area contributed by atoms with Crippen molar-refractivity contribution in [2.24, 2.45) is 0 Å². The van der Waals surface area contributed by atoms with Crippen LogP contribution in [0.2, 0.25) is 10.0 Å². The molecule has 0 spiro atoms. The van der Waals surface area contributed by atoms with Crippen LogP contribution in [0.4, 0.5) is 5.69 Å². The Balaban J connectivity index is 2.18. The maximum Gasteiger partial charge on any atom is 0.371 e. The molecule has 0 saturated heterocycles. The third-order valence-corrected chi connectivity index (χ3v) is 3.41. The molecule has 1 aromatic heterocycles. The molecule has 0 radical (unpaired) electrons. The Kier molecular flexibility index (Phi) is 4.02. The van der Waals surface area contributed by atoms with E-state index in [4.69, 9.17) is 32.7 Å². The lowest BCUT2D eigenvalue weighted by Crippen LogP contribution is -2.06. The second-order valence-electron chi connectivity index (χ2n) is 3.97. The predicted molar refractivity (Wildman–Crippen MR) is 74.2 cm³/mol. The van der Waals surface area contributed by atoms with Crippen LogP contribution in [0.15, 0.2) is 34.7 Å². The van der Waals surface area contributed by atoms with Crippen LogP contribution in [0.3, 0.4) is 0 Å². The summed E-state index contributed by atoms with van der Waals surface area (Å²) in [6, 6.07) is 8.04. The average molecular weight is 300 g/mol. The van der Waals surface area contributed by atoms with Gasteiger partial charge in [-0.2, -0.15) is 0 Å². The summed E-state index contributed by atoms with van der Waals surface area (Å²) in [5.41, 5.74) is 0.662. The van der Waals surface area contributed by atoms with Crippen LogP contribution in [0, 0.1) is 0 Å². The Morgan fingerprint density at radius 1 is 1.32 bits per heavy atom. The van der Waals surface area contributed by atoms with Gasteiger partial charge in [-0.25, -0.2) is 4.79 Å². The highest BCUT2D eigenvalue weighted by Crippen LogP contribution is 2.32. The minimum atomic E-state index is -1.10. The Bertz CT molecular complexity index is 610. The molecule has 1 aromatic carbocycles. The lowest BCUT2D eigenvalue weighted by atomic mass is 10.2. The predicted octanol–water partition coefficient (Wildman–Crippen LogP) is 4.46. The zero-order chi connectivity index (χ0) is 14.0. The molecule has 1 unspecified atom stereocenters. The molecule has 0 fully saturated rings. The molecular weight excluding hydrogens is 289 g/mol. The molecule has 1 heterocycles. The van der Waals surface area contributed by atoms with Crippen molar-refractivity contribution in [2.75, 3.05) is 5.32 Å². The second kappa shape index (κ2) is 5.55. The molecule has 2 rings (SSSR count). The maximum absolute atomic E-state index is 10.7. The number of halogens is 2. The molecule has 0 aliphatic carbocycles. The van der Waals surface area contributed by atoms with Gasteiger partial charge in [0.15, 0.2) is 0 Å². The fourth-order valence-electron chi connectivity index (χ4n) is 1.62. The summed E-state index contributed by atoms with van der Waals surface area (Å²) < 4.78 is 5.21. The highest BCUT2D eigenvalue weighted by molar-refractivity contribution is 6.43. The van der Waals surface area contributed by atoms with E-state index in [0.717, 1.165) is 0 Å². The van der Waals surface area contributed by atoms with Gasteiger partial charge in [-0.1, -0.05) is 29.3 Å². The van der Waals surface area contributed by atoms with Crippen molar-refractivity contribution in [2.45, 2.75) is 13.0 Å². The van der Waals surface area contributed by atoms with Crippen LogP contribution in [0.25, 0.3) is 0 Å². The average Bonchev–Trinajstić information content (AvgIpc) is 2.84. The fourth-order valence-corrected chi connectivity index (χ4v) is 1.98. The Labute approximate surface area is 119 Å². The molecule has 0 aliphatic rings. The Morgan fingerprint density at radius 3 is 2.68 bits per heavy atom. The molecule has 0 aliphatic heterocycles. The molecule has 1 atom stereocenters. The number of nitrogens with one attached hydrogen (secondary N) is 1. The van der Waals surface area contributed by atoms with Crippen LogP contribution < -0.4 is 5.32 Å². The van der Waals surface area contributed by atoms with Crippen molar-refractivity contribution in [3.8, 4) is 0 Å². The summed E-state index contributed by atoms with van der Waals surface area (Å²) in [7, 11) is 0. The van der Waals surface area contributed by atoms with Crippen molar-refractivity contribution >= 4 is 34.9 Å². The molecule has 4 nitrogen and oxygen atoms in total. The normalized spacial score (nSPS) is 12.2. The zero-order valence-electron chi connectivity index (χ0n) is 9.98. The molecule has 0 bridgehead atoms. The minimum Gasteiger partial charge on any atom is -0.475 e. The smallest absolute Gasteiger partial charge is 0.371 e. The SMILES string of the molecule is CC(Nc1cccc(Cl)c1Cl)c1ccc(C(=O)O)o1. The summed E-state index contributed by atoms with van der Waals surface area (Å²) >= 11 is 12.0. The number of aromatic carboxylic acids is 1. The number of anilines is 1. The van der Waals surface area contributed by atoms with Gasteiger partial charge in [0.25, 0.3) is 0 Å². The van der Waals surface area contributed by atoms with Crippen LogP contribution in [0.5, 0.6) is 0 Å². The number of carboxylic acids is 1. The molecule has 0 amide bonds. The summed E-state index contributed by atoms with van der Waals surface area (Å²) in [6.45, 7) is 1.84. The fraction of sp³-hybridized carbons (Fsp3) is 0.154. The second-order valence-corrected chi connectivity index (χ2v) is 4.76. The van der Waals surface area contributed by atoms with Crippen molar-refractivity contribution < 1.29 is 14.3 Å². The van der Waals surface area contributed by atoms with Crippen molar-refractivity contribution in [1.29, 1.82) is 0 Å². The molecular formula is C13H11Cl2NO3. The summed E-state index contributed by atoms with van der Waals surface area (Å²) in [4.78, 5) is 10.7. The van der Waals surface area contributed by atoms with Gasteiger partial charge in [-0.3, -0.25) is 0 Å². The summed E-state index contributed by atoms with van der Waals surface area (Å²) in [5.74, 6) is -0.687. The van der Waals surface area contributed by atoms with Gasteiger partial charge in [0.2, 0.25) is 5.76 Å². The maximum atomic E-state index is 10.7. The van der Waals surface area contributed by atoms with Crippen molar-refractivity contribution in [1.82, 2.24) is 0 Å². The number of carboxylic acid groups (broad SMARTS) is 1. The van der Waals surface area contributed by atoms with E-state index >= 15 is 0 Å². The van der Waals surface area contributed by atoms with Gasteiger partial charge >= 0.3 is 5.97 Å². The molecule has 2 N–H and O–H groups in total. The van der Waals surface area contributed by atoms with E-state index in [2.05, 4.69) is 5.32 Å². The van der Waals surface area contributed by atoms with Gasteiger partial charge < -0.3 is 14.8 Å². The molecule has 100 valence electrons. The first kappa shape index (κ1) is 13.8. The molecule has 0 saturated carbocycles. The van der Waals surface area contributed by atoms with Crippen LogP contribution >= 0.6 is 23.2 Å². The van der Waals surface area contributed by atoms with Gasteiger partial charge in [-0.15, -0.1) is 0 Å². The van der Waals surface area contributed by atoms with Crippen molar-refractivity contribution in [3.05, 3.63) is 51.9 Å². The number of benzene rings is 1. The topological polar surface area (TPSA) is 62.5 Å². The molecule has 19 heavy (non-hydrogen) atoms. The largest absolute Gasteiger partial charge is 0.475 e. The number of rotatable bonds is 4. The third kappa shape index (κ3) is 3.03. The van der Waals surface area contributed by atoms with Gasteiger partial charge in [0.1, 0.15) is 5.76 Å². The quantitative estimate of drug-likeness (QED) is 0.875. The number of hydrogen-bond acceptors (Lipinski definition) is 3. The molecule has 6 heteroatoms. The summed E-state index contributed by atoms with van der Waals surface area (Å²) in [6.07, 6.45) is 0. The Hall–Kier alpha value is -1.65. The first-order chi connectivity index (χ1) is 8.99. The van der Waals surface area contributed by atoms with E-state index in [-0.39, 0.29) is 11.8 Å². The monoisotopic (exact) mass is 299 g/mol. The number of carbonyl (C=O) groups is 1. The van der Waals surface area contributed by atoms with E-state index in [1.807, 2.05) is 6.92 Å². The lowest BCUT2D eigenvalue weighted by molar-refractivity contribution is 0.0660. The Morgan fingerprint density at radius 2 is 2.05 bits per heavy atom. The molecule has 2 aromatic rings. The lowest BCUT2D eigenvalue weighted by Gasteiger charge is -2.14. The highest BCUT2D eigenvalue weighted by atomic mass is 35.5. The van der Waals surface area contributed by atoms with E-state index in [1.165, 1.54) is 6.07 Å². The van der Waals surface area contributed by atoms with Gasteiger partial charge in [-0.05, 0) is 31.2 Å².